The quantitative estimate of drug-likeness (QED) is 0.512. The van der Waals surface area contributed by atoms with Gasteiger partial charge in [0.25, 0.3) is 0 Å². The van der Waals surface area contributed by atoms with E-state index in [4.69, 9.17) is 12.2 Å². The number of carbonyl (C=O) groups is 1. The molecule has 0 aliphatic rings. The molecule has 0 fully saturated rings. The smallest absolute Gasteiger partial charge is 0.234 e. The summed E-state index contributed by atoms with van der Waals surface area (Å²) in [5.74, 6) is -0.245. The van der Waals surface area contributed by atoms with Crippen LogP contribution in [-0.4, -0.2) is 31.2 Å². The molecule has 10 heteroatoms. The van der Waals surface area contributed by atoms with Crippen LogP contribution >= 0.6 is 35.3 Å². The van der Waals surface area contributed by atoms with E-state index in [9.17, 15) is 9.18 Å². The van der Waals surface area contributed by atoms with Crippen molar-refractivity contribution in [3.63, 3.8) is 0 Å². The van der Waals surface area contributed by atoms with Crippen molar-refractivity contribution in [2.45, 2.75) is 18.2 Å². The van der Waals surface area contributed by atoms with Crippen molar-refractivity contribution < 1.29 is 9.18 Å². The number of hydrogen-bond acceptors (Lipinski definition) is 6. The minimum Gasteiger partial charge on any atom is -0.322 e. The fourth-order valence-electron chi connectivity index (χ4n) is 2.32. The summed E-state index contributed by atoms with van der Waals surface area (Å²) < 4.78 is 17.6. The highest BCUT2D eigenvalue weighted by Gasteiger charge is 2.14. The molecule has 0 aliphatic heterocycles. The molecule has 136 valence electrons. The van der Waals surface area contributed by atoms with Gasteiger partial charge in [0, 0.05) is 7.05 Å². The first kappa shape index (κ1) is 18.7. The Bertz CT molecular complexity index is 1010. The summed E-state index contributed by atoms with van der Waals surface area (Å²) in [7, 11) is 1.83. The van der Waals surface area contributed by atoms with Crippen LogP contribution in [0.4, 0.5) is 10.1 Å². The van der Waals surface area contributed by atoms with Gasteiger partial charge < -0.3 is 5.32 Å². The zero-order chi connectivity index (χ0) is 18.8. The SMILES string of the molecule is Cc1nn(C)c(C)c1NC(=O)CSc1nn(-c2ccc(F)cc2)c(=S)s1. The summed E-state index contributed by atoms with van der Waals surface area (Å²) in [5.41, 5.74) is 3.10. The Labute approximate surface area is 163 Å². The number of aromatic nitrogens is 4. The average molecular weight is 410 g/mol. The van der Waals surface area contributed by atoms with Gasteiger partial charge in [-0.2, -0.15) is 5.10 Å². The molecule has 0 radical (unpaired) electrons. The Kier molecular flexibility index (Phi) is 5.54. The van der Waals surface area contributed by atoms with Crippen molar-refractivity contribution >= 4 is 46.9 Å². The van der Waals surface area contributed by atoms with E-state index in [2.05, 4.69) is 15.5 Å². The molecule has 0 unspecified atom stereocenters. The first-order valence-corrected chi connectivity index (χ1v) is 9.85. The Hall–Kier alpha value is -2.04. The molecule has 6 nitrogen and oxygen atoms in total. The number of nitrogens with zero attached hydrogens (tertiary/aromatic N) is 4. The molecule has 1 N–H and O–H groups in total. The zero-order valence-corrected chi connectivity index (χ0v) is 16.8. The molecule has 0 saturated carbocycles. The molecular weight excluding hydrogens is 393 g/mol. The number of rotatable bonds is 5. The Morgan fingerprint density at radius 2 is 2.00 bits per heavy atom. The van der Waals surface area contributed by atoms with Gasteiger partial charge in [0.05, 0.1) is 28.5 Å². The molecule has 2 aromatic heterocycles. The normalized spacial score (nSPS) is 10.9. The number of benzene rings is 1. The summed E-state index contributed by atoms with van der Waals surface area (Å²) in [5, 5.41) is 11.6. The van der Waals surface area contributed by atoms with Crippen LogP contribution in [0.5, 0.6) is 0 Å². The van der Waals surface area contributed by atoms with E-state index in [1.807, 2.05) is 20.9 Å². The maximum Gasteiger partial charge on any atom is 0.234 e. The van der Waals surface area contributed by atoms with Crippen molar-refractivity contribution in [3.8, 4) is 5.69 Å². The summed E-state index contributed by atoms with van der Waals surface area (Å²) in [6.07, 6.45) is 0. The van der Waals surface area contributed by atoms with E-state index in [-0.39, 0.29) is 17.5 Å². The van der Waals surface area contributed by atoms with E-state index in [1.165, 1.54) is 35.2 Å². The van der Waals surface area contributed by atoms with Gasteiger partial charge in [0.1, 0.15) is 5.82 Å². The van der Waals surface area contributed by atoms with Gasteiger partial charge in [0.15, 0.2) is 8.29 Å². The predicted molar refractivity (Wildman–Crippen MR) is 104 cm³/mol. The fraction of sp³-hybridized carbons (Fsp3) is 0.250. The number of nitrogens with one attached hydrogen (secondary N) is 1. The standard InChI is InChI=1S/C16H16FN5OS3/c1-9-14(10(2)21(3)19-9)18-13(23)8-25-15-20-22(16(24)26-15)12-6-4-11(17)5-7-12/h4-7H,8H2,1-3H3,(H,18,23). The van der Waals surface area contributed by atoms with Crippen molar-refractivity contribution in [2.75, 3.05) is 11.1 Å². The number of hydrogen-bond donors (Lipinski definition) is 1. The van der Waals surface area contributed by atoms with E-state index in [1.54, 1.807) is 21.5 Å². The summed E-state index contributed by atoms with van der Waals surface area (Å²) >= 11 is 7.93. The highest BCUT2D eigenvalue weighted by molar-refractivity contribution is 8.01. The van der Waals surface area contributed by atoms with Gasteiger partial charge in [-0.1, -0.05) is 23.1 Å². The minimum absolute atomic E-state index is 0.136. The highest BCUT2D eigenvalue weighted by Crippen LogP contribution is 2.25. The molecular formula is C16H16FN5OS3. The van der Waals surface area contributed by atoms with Crippen molar-refractivity contribution in [3.05, 3.63) is 45.4 Å². The van der Waals surface area contributed by atoms with Crippen LogP contribution in [0, 0.1) is 23.6 Å². The lowest BCUT2D eigenvalue weighted by molar-refractivity contribution is -0.113. The first-order chi connectivity index (χ1) is 12.3. The Morgan fingerprint density at radius 3 is 2.62 bits per heavy atom. The number of anilines is 1. The molecule has 0 spiro atoms. The lowest BCUT2D eigenvalue weighted by atomic mass is 10.3. The molecule has 3 rings (SSSR count). The van der Waals surface area contributed by atoms with Gasteiger partial charge in [-0.15, -0.1) is 5.10 Å². The third-order valence-corrected chi connectivity index (χ3v) is 6.07. The van der Waals surface area contributed by atoms with Crippen LogP contribution in [0.3, 0.4) is 0 Å². The molecule has 1 aromatic carbocycles. The van der Waals surface area contributed by atoms with Gasteiger partial charge >= 0.3 is 0 Å². The number of thioether (sulfide) groups is 1. The van der Waals surface area contributed by atoms with E-state index < -0.39 is 0 Å². The van der Waals surface area contributed by atoms with Crippen molar-refractivity contribution in [1.29, 1.82) is 0 Å². The molecule has 1 amide bonds. The zero-order valence-electron chi connectivity index (χ0n) is 14.3. The molecule has 0 aliphatic carbocycles. The van der Waals surface area contributed by atoms with Crippen LogP contribution < -0.4 is 5.32 Å². The molecule has 0 atom stereocenters. The second kappa shape index (κ2) is 7.68. The minimum atomic E-state index is -0.317. The summed E-state index contributed by atoms with van der Waals surface area (Å²) in [6, 6.07) is 5.94. The van der Waals surface area contributed by atoms with E-state index in [0.717, 1.165) is 17.1 Å². The lowest BCUT2D eigenvalue weighted by Gasteiger charge is -2.04. The lowest BCUT2D eigenvalue weighted by Crippen LogP contribution is -2.15. The van der Waals surface area contributed by atoms with Crippen LogP contribution in [0.1, 0.15) is 11.4 Å². The van der Waals surface area contributed by atoms with E-state index in [0.29, 0.717) is 14.0 Å². The molecule has 26 heavy (non-hydrogen) atoms. The molecule has 3 aromatic rings. The maximum absolute atomic E-state index is 13.0. The van der Waals surface area contributed by atoms with Crippen molar-refractivity contribution in [2.24, 2.45) is 7.05 Å². The number of halogens is 1. The molecule has 0 saturated heterocycles. The van der Waals surface area contributed by atoms with Gasteiger partial charge in [-0.3, -0.25) is 9.48 Å². The Balaban J connectivity index is 1.66. The molecule has 0 bridgehead atoms. The third kappa shape index (κ3) is 4.02. The van der Waals surface area contributed by atoms with Crippen LogP contribution in [0.2, 0.25) is 0 Å². The monoisotopic (exact) mass is 409 g/mol. The molecule has 2 heterocycles. The van der Waals surface area contributed by atoms with Crippen LogP contribution in [0.25, 0.3) is 5.69 Å². The fourth-order valence-corrected chi connectivity index (χ4v) is 4.48. The van der Waals surface area contributed by atoms with Gasteiger partial charge in [-0.25, -0.2) is 9.07 Å². The number of carbonyl (C=O) groups excluding carboxylic acids is 1. The van der Waals surface area contributed by atoms with Crippen LogP contribution in [0.15, 0.2) is 28.6 Å². The Morgan fingerprint density at radius 1 is 1.31 bits per heavy atom. The second-order valence-corrected chi connectivity index (χ2v) is 8.37. The van der Waals surface area contributed by atoms with Gasteiger partial charge in [-0.05, 0) is 50.3 Å². The van der Waals surface area contributed by atoms with Crippen LogP contribution in [-0.2, 0) is 11.8 Å². The average Bonchev–Trinajstić information content (AvgIpc) is 3.08. The third-order valence-electron chi connectivity index (χ3n) is 3.70. The second-order valence-electron chi connectivity index (χ2n) is 5.53. The van der Waals surface area contributed by atoms with Crippen molar-refractivity contribution in [1.82, 2.24) is 19.6 Å². The number of aryl methyl sites for hydroxylation is 2. The summed E-state index contributed by atoms with van der Waals surface area (Å²) in [4.78, 5) is 12.2. The largest absolute Gasteiger partial charge is 0.322 e. The van der Waals surface area contributed by atoms with E-state index >= 15 is 0 Å². The topological polar surface area (TPSA) is 64.7 Å². The first-order valence-electron chi connectivity index (χ1n) is 7.64. The van der Waals surface area contributed by atoms with Gasteiger partial charge in [0.2, 0.25) is 5.91 Å². The number of amides is 1. The predicted octanol–water partition coefficient (Wildman–Crippen LogP) is 3.88. The highest BCUT2D eigenvalue weighted by atomic mass is 32.2. The maximum atomic E-state index is 13.0. The summed E-state index contributed by atoms with van der Waals surface area (Å²) in [6.45, 7) is 3.75.